The number of anilines is 1. The molecule has 0 spiro atoms. The van der Waals surface area contributed by atoms with Crippen molar-refractivity contribution in [2.75, 3.05) is 5.73 Å². The quantitative estimate of drug-likeness (QED) is 0.797. The molecule has 17 heavy (non-hydrogen) atoms. The normalized spacial score (nSPS) is 11.4. The van der Waals surface area contributed by atoms with E-state index in [0.717, 1.165) is 11.0 Å². The summed E-state index contributed by atoms with van der Waals surface area (Å²) in [6.45, 7) is 3.88. The molecule has 0 fully saturated rings. The number of benzene rings is 1. The molecule has 0 bridgehead atoms. The van der Waals surface area contributed by atoms with Crippen LogP contribution in [0, 0.1) is 0 Å². The van der Waals surface area contributed by atoms with Gasteiger partial charge in [-0.2, -0.15) is 0 Å². The first kappa shape index (κ1) is 11.6. The third kappa shape index (κ3) is 1.77. The van der Waals surface area contributed by atoms with E-state index in [0.29, 0.717) is 11.4 Å². The number of nitrogens with two attached hydrogens (primary N) is 1. The molecule has 0 unspecified atom stereocenters. The standard InChI is InChI=1S/C12H17N3O2/c1-7(2)17-11-6-10-9(5-8(11)13)14(3)12(16)15(10)4/h5-7H,13H2,1-4H3. The fourth-order valence-electron chi connectivity index (χ4n) is 1.90. The van der Waals surface area contributed by atoms with Gasteiger partial charge in [-0.3, -0.25) is 9.13 Å². The number of aryl methyl sites for hydroxylation is 2. The summed E-state index contributed by atoms with van der Waals surface area (Å²) in [6, 6.07) is 3.58. The summed E-state index contributed by atoms with van der Waals surface area (Å²) in [5.74, 6) is 0.619. The molecule has 1 aromatic carbocycles. The van der Waals surface area contributed by atoms with Crippen LogP contribution >= 0.6 is 0 Å². The molecule has 1 heterocycles. The van der Waals surface area contributed by atoms with Crippen molar-refractivity contribution in [1.82, 2.24) is 9.13 Å². The minimum atomic E-state index is -0.0684. The number of nitrogen functional groups attached to an aromatic ring is 1. The third-order valence-electron chi connectivity index (χ3n) is 2.77. The third-order valence-corrected chi connectivity index (χ3v) is 2.77. The minimum absolute atomic E-state index is 0.0514. The molecule has 0 saturated carbocycles. The Morgan fingerprint density at radius 1 is 1.18 bits per heavy atom. The van der Waals surface area contributed by atoms with Crippen LogP contribution in [0.1, 0.15) is 13.8 Å². The van der Waals surface area contributed by atoms with Crippen molar-refractivity contribution in [3.8, 4) is 5.75 Å². The number of aromatic nitrogens is 2. The number of rotatable bonds is 2. The fourth-order valence-corrected chi connectivity index (χ4v) is 1.90. The van der Waals surface area contributed by atoms with Gasteiger partial charge in [0.05, 0.1) is 22.8 Å². The highest BCUT2D eigenvalue weighted by Crippen LogP contribution is 2.27. The highest BCUT2D eigenvalue weighted by atomic mass is 16.5. The lowest BCUT2D eigenvalue weighted by Crippen LogP contribution is -2.19. The molecule has 2 N–H and O–H groups in total. The van der Waals surface area contributed by atoms with Crippen LogP contribution in [0.5, 0.6) is 5.75 Å². The molecule has 2 rings (SSSR count). The second-order valence-corrected chi connectivity index (χ2v) is 4.45. The molecule has 5 heteroatoms. The van der Waals surface area contributed by atoms with E-state index in [1.807, 2.05) is 19.9 Å². The number of ether oxygens (including phenoxy) is 1. The van der Waals surface area contributed by atoms with E-state index in [9.17, 15) is 4.79 Å². The van der Waals surface area contributed by atoms with E-state index >= 15 is 0 Å². The van der Waals surface area contributed by atoms with E-state index in [1.165, 1.54) is 0 Å². The Labute approximate surface area is 99.4 Å². The van der Waals surface area contributed by atoms with Gasteiger partial charge in [-0.15, -0.1) is 0 Å². The lowest BCUT2D eigenvalue weighted by molar-refractivity contribution is 0.244. The number of hydrogen-bond acceptors (Lipinski definition) is 3. The first-order valence-corrected chi connectivity index (χ1v) is 5.53. The zero-order valence-electron chi connectivity index (χ0n) is 10.5. The summed E-state index contributed by atoms with van der Waals surface area (Å²) in [4.78, 5) is 11.8. The first-order valence-electron chi connectivity index (χ1n) is 5.53. The minimum Gasteiger partial charge on any atom is -0.489 e. The van der Waals surface area contributed by atoms with Gasteiger partial charge >= 0.3 is 5.69 Å². The summed E-state index contributed by atoms with van der Waals surface area (Å²) >= 11 is 0. The molecule has 92 valence electrons. The van der Waals surface area contributed by atoms with Gasteiger partial charge in [-0.1, -0.05) is 0 Å². The van der Waals surface area contributed by atoms with Crippen molar-refractivity contribution in [3.63, 3.8) is 0 Å². The molecule has 0 aliphatic heterocycles. The van der Waals surface area contributed by atoms with Crippen molar-refractivity contribution < 1.29 is 4.74 Å². The monoisotopic (exact) mass is 235 g/mol. The Hall–Kier alpha value is -1.91. The number of nitrogens with zero attached hydrogens (tertiary/aromatic N) is 2. The predicted octanol–water partition coefficient (Wildman–Crippen LogP) is 1.25. The molecule has 5 nitrogen and oxygen atoms in total. The average Bonchev–Trinajstić information content (AvgIpc) is 2.45. The molecule has 0 atom stereocenters. The Kier molecular flexibility index (Phi) is 2.61. The van der Waals surface area contributed by atoms with E-state index < -0.39 is 0 Å². The summed E-state index contributed by atoms with van der Waals surface area (Å²) in [6.07, 6.45) is 0.0514. The van der Waals surface area contributed by atoms with Gasteiger partial charge in [0.15, 0.2) is 0 Å². The fraction of sp³-hybridized carbons (Fsp3) is 0.417. The van der Waals surface area contributed by atoms with Gasteiger partial charge in [0, 0.05) is 20.2 Å². The van der Waals surface area contributed by atoms with E-state index in [4.69, 9.17) is 10.5 Å². The maximum Gasteiger partial charge on any atom is 0.328 e. The molecule has 0 aliphatic carbocycles. The Bertz CT molecular complexity index is 623. The highest BCUT2D eigenvalue weighted by molar-refractivity contribution is 5.83. The van der Waals surface area contributed by atoms with Gasteiger partial charge in [-0.05, 0) is 19.9 Å². The van der Waals surface area contributed by atoms with Crippen LogP contribution in [-0.2, 0) is 14.1 Å². The Morgan fingerprint density at radius 2 is 1.71 bits per heavy atom. The molecule has 0 amide bonds. The molecular weight excluding hydrogens is 218 g/mol. The predicted molar refractivity (Wildman–Crippen MR) is 68.3 cm³/mol. The Balaban J connectivity index is 2.72. The lowest BCUT2D eigenvalue weighted by atomic mass is 10.2. The average molecular weight is 235 g/mol. The van der Waals surface area contributed by atoms with Crippen LogP contribution in [0.25, 0.3) is 11.0 Å². The van der Waals surface area contributed by atoms with Crippen molar-refractivity contribution >= 4 is 16.7 Å². The van der Waals surface area contributed by atoms with Crippen LogP contribution < -0.4 is 16.2 Å². The van der Waals surface area contributed by atoms with Crippen LogP contribution in [0.15, 0.2) is 16.9 Å². The van der Waals surface area contributed by atoms with Gasteiger partial charge in [0.1, 0.15) is 5.75 Å². The van der Waals surface area contributed by atoms with Gasteiger partial charge in [0.2, 0.25) is 0 Å². The molecular formula is C12H17N3O2. The first-order chi connectivity index (χ1) is 7.91. The van der Waals surface area contributed by atoms with E-state index in [2.05, 4.69) is 0 Å². The van der Waals surface area contributed by atoms with Crippen molar-refractivity contribution in [3.05, 3.63) is 22.6 Å². The van der Waals surface area contributed by atoms with Crippen molar-refractivity contribution in [2.24, 2.45) is 14.1 Å². The molecule has 1 aromatic heterocycles. The molecule has 0 saturated heterocycles. The summed E-state index contributed by atoms with van der Waals surface area (Å²) in [7, 11) is 3.47. The second-order valence-electron chi connectivity index (χ2n) is 4.45. The highest BCUT2D eigenvalue weighted by Gasteiger charge is 2.12. The van der Waals surface area contributed by atoms with Gasteiger partial charge in [0.25, 0.3) is 0 Å². The topological polar surface area (TPSA) is 62.2 Å². The molecule has 2 aromatic rings. The van der Waals surface area contributed by atoms with Crippen molar-refractivity contribution in [1.29, 1.82) is 0 Å². The van der Waals surface area contributed by atoms with Crippen LogP contribution in [0.3, 0.4) is 0 Å². The van der Waals surface area contributed by atoms with Crippen molar-refractivity contribution in [2.45, 2.75) is 20.0 Å². The van der Waals surface area contributed by atoms with E-state index in [1.54, 1.807) is 29.3 Å². The molecule has 0 aliphatic rings. The van der Waals surface area contributed by atoms with Crippen LogP contribution in [-0.4, -0.2) is 15.2 Å². The van der Waals surface area contributed by atoms with Crippen LogP contribution in [0.4, 0.5) is 5.69 Å². The number of imidazole rings is 1. The maximum atomic E-state index is 11.8. The smallest absolute Gasteiger partial charge is 0.328 e. The Morgan fingerprint density at radius 3 is 2.24 bits per heavy atom. The second kappa shape index (κ2) is 3.84. The molecule has 0 radical (unpaired) electrons. The lowest BCUT2D eigenvalue weighted by Gasteiger charge is -2.12. The van der Waals surface area contributed by atoms with Gasteiger partial charge in [-0.25, -0.2) is 4.79 Å². The summed E-state index contributed by atoms with van der Waals surface area (Å²) < 4.78 is 8.77. The summed E-state index contributed by atoms with van der Waals surface area (Å²) in [5.41, 5.74) is 8.03. The van der Waals surface area contributed by atoms with E-state index in [-0.39, 0.29) is 11.8 Å². The summed E-state index contributed by atoms with van der Waals surface area (Å²) in [5, 5.41) is 0. The largest absolute Gasteiger partial charge is 0.489 e. The van der Waals surface area contributed by atoms with Gasteiger partial charge < -0.3 is 10.5 Å². The zero-order chi connectivity index (χ0) is 12.7. The zero-order valence-corrected chi connectivity index (χ0v) is 10.5. The number of fused-ring (bicyclic) bond motifs is 1. The number of hydrogen-bond donors (Lipinski definition) is 1. The SMILES string of the molecule is CC(C)Oc1cc2c(cc1N)n(C)c(=O)n2C. The maximum absolute atomic E-state index is 11.8. The van der Waals surface area contributed by atoms with Crippen LogP contribution in [0.2, 0.25) is 0 Å².